The van der Waals surface area contributed by atoms with Crippen LogP contribution in [0.2, 0.25) is 0 Å². The molecule has 0 amide bonds. The average Bonchev–Trinajstić information content (AvgIpc) is 3.14. The molecule has 0 aromatic heterocycles. The Hall–Kier alpha value is -1.65. The van der Waals surface area contributed by atoms with E-state index >= 15 is 0 Å². The number of carbonyl (C=O) groups excluding carboxylic acids is 1. The van der Waals surface area contributed by atoms with Gasteiger partial charge in [0, 0.05) is 5.92 Å². The monoisotopic (exact) mass is 242 g/mol. The average molecular weight is 242 g/mol. The largest absolute Gasteiger partial charge is 0.475 e. The molecule has 0 saturated heterocycles. The summed E-state index contributed by atoms with van der Waals surface area (Å²) in [7, 11) is 1.24. The van der Waals surface area contributed by atoms with E-state index in [0.717, 1.165) is 18.9 Å². The number of benzene rings is 1. The van der Waals surface area contributed by atoms with Crippen molar-refractivity contribution in [2.24, 2.45) is 5.92 Å². The van der Waals surface area contributed by atoms with Crippen molar-refractivity contribution >= 4 is 5.97 Å². The smallest absolute Gasteiger partial charge is 0.347 e. The number of carbonyl (C=O) groups is 1. The summed E-state index contributed by atoms with van der Waals surface area (Å²) >= 11 is 0. The van der Waals surface area contributed by atoms with E-state index in [1.165, 1.54) is 19.2 Å². The standard InChI is InChI=1S/C12H12F2O3/c1-16-12(15)11(7-5-6-7)17-9-4-2-3-8(13)10(9)14/h2-4,7,11H,5-6H2,1H3. The summed E-state index contributed by atoms with van der Waals surface area (Å²) in [5.74, 6) is -2.86. The van der Waals surface area contributed by atoms with Crippen LogP contribution in [-0.2, 0) is 9.53 Å². The molecule has 17 heavy (non-hydrogen) atoms. The predicted octanol–water partition coefficient (Wildman–Crippen LogP) is 2.30. The lowest BCUT2D eigenvalue weighted by atomic mass is 10.2. The molecule has 1 saturated carbocycles. The molecule has 1 aromatic rings. The molecule has 5 heteroatoms. The predicted molar refractivity (Wildman–Crippen MR) is 55.5 cm³/mol. The summed E-state index contributed by atoms with van der Waals surface area (Å²) in [6.45, 7) is 0. The van der Waals surface area contributed by atoms with Gasteiger partial charge in [0.15, 0.2) is 17.7 Å². The summed E-state index contributed by atoms with van der Waals surface area (Å²) in [5.41, 5.74) is 0. The highest BCUT2D eigenvalue weighted by atomic mass is 19.2. The fourth-order valence-corrected chi connectivity index (χ4v) is 1.56. The first-order chi connectivity index (χ1) is 8.13. The molecule has 0 spiro atoms. The van der Waals surface area contributed by atoms with Crippen molar-refractivity contribution in [3.63, 3.8) is 0 Å². The molecule has 1 atom stereocenters. The van der Waals surface area contributed by atoms with Crippen LogP contribution in [0.25, 0.3) is 0 Å². The third kappa shape index (κ3) is 2.54. The Bertz CT molecular complexity index is 430. The van der Waals surface area contributed by atoms with Crippen LogP contribution in [0.15, 0.2) is 18.2 Å². The van der Waals surface area contributed by atoms with Gasteiger partial charge in [-0.25, -0.2) is 9.18 Å². The first-order valence-electron chi connectivity index (χ1n) is 5.32. The fourth-order valence-electron chi connectivity index (χ4n) is 1.56. The Kier molecular flexibility index (Phi) is 3.26. The lowest BCUT2D eigenvalue weighted by Crippen LogP contribution is -2.31. The van der Waals surface area contributed by atoms with Gasteiger partial charge in [0.2, 0.25) is 5.82 Å². The molecule has 0 aliphatic heterocycles. The van der Waals surface area contributed by atoms with Crippen molar-refractivity contribution in [1.29, 1.82) is 0 Å². The van der Waals surface area contributed by atoms with E-state index in [0.29, 0.717) is 0 Å². The fraction of sp³-hybridized carbons (Fsp3) is 0.417. The van der Waals surface area contributed by atoms with Gasteiger partial charge in [-0.2, -0.15) is 4.39 Å². The number of halogens is 2. The van der Waals surface area contributed by atoms with Crippen molar-refractivity contribution in [3.05, 3.63) is 29.8 Å². The van der Waals surface area contributed by atoms with Gasteiger partial charge in [-0.3, -0.25) is 0 Å². The maximum atomic E-state index is 13.4. The molecule has 3 nitrogen and oxygen atoms in total. The molecule has 0 bridgehead atoms. The molecular formula is C12H12F2O3. The second-order valence-electron chi connectivity index (χ2n) is 3.95. The van der Waals surface area contributed by atoms with E-state index in [1.54, 1.807) is 0 Å². The topological polar surface area (TPSA) is 35.5 Å². The highest BCUT2D eigenvalue weighted by molar-refractivity contribution is 5.75. The summed E-state index contributed by atoms with van der Waals surface area (Å²) in [6, 6.07) is 3.61. The highest BCUT2D eigenvalue weighted by Gasteiger charge is 2.39. The molecule has 92 valence electrons. The SMILES string of the molecule is COC(=O)C(Oc1cccc(F)c1F)C1CC1. The van der Waals surface area contributed by atoms with Gasteiger partial charge >= 0.3 is 5.97 Å². The van der Waals surface area contributed by atoms with Crippen LogP contribution >= 0.6 is 0 Å². The van der Waals surface area contributed by atoms with Crippen LogP contribution in [0.4, 0.5) is 8.78 Å². The van der Waals surface area contributed by atoms with E-state index < -0.39 is 23.7 Å². The van der Waals surface area contributed by atoms with Crippen LogP contribution in [0.5, 0.6) is 5.75 Å². The van der Waals surface area contributed by atoms with Crippen LogP contribution in [0.3, 0.4) is 0 Å². The summed E-state index contributed by atoms with van der Waals surface area (Å²) < 4.78 is 36.1. The zero-order chi connectivity index (χ0) is 12.4. The molecule has 1 unspecified atom stereocenters. The normalized spacial score (nSPS) is 16.4. The van der Waals surface area contributed by atoms with Crippen molar-refractivity contribution in [3.8, 4) is 5.75 Å². The minimum absolute atomic E-state index is 0.0325. The number of rotatable bonds is 4. The van der Waals surface area contributed by atoms with Crippen LogP contribution < -0.4 is 4.74 Å². The number of hydrogen-bond donors (Lipinski definition) is 0. The van der Waals surface area contributed by atoms with Gasteiger partial charge < -0.3 is 9.47 Å². The van der Waals surface area contributed by atoms with Crippen LogP contribution in [-0.4, -0.2) is 19.2 Å². The molecule has 1 fully saturated rings. The van der Waals surface area contributed by atoms with E-state index in [4.69, 9.17) is 4.74 Å². The zero-order valence-electron chi connectivity index (χ0n) is 9.28. The number of ether oxygens (including phenoxy) is 2. The Labute approximate surface area is 97.3 Å². The van der Waals surface area contributed by atoms with Crippen molar-refractivity contribution in [2.45, 2.75) is 18.9 Å². The quantitative estimate of drug-likeness (QED) is 0.760. The molecule has 1 aliphatic rings. The van der Waals surface area contributed by atoms with E-state index in [2.05, 4.69) is 4.74 Å². The van der Waals surface area contributed by atoms with Gasteiger partial charge in [-0.1, -0.05) is 6.07 Å². The highest BCUT2D eigenvalue weighted by Crippen LogP contribution is 2.36. The van der Waals surface area contributed by atoms with Gasteiger partial charge in [0.1, 0.15) is 0 Å². The Morgan fingerprint density at radius 1 is 1.41 bits per heavy atom. The van der Waals surface area contributed by atoms with Gasteiger partial charge in [0.05, 0.1) is 7.11 Å². The first-order valence-corrected chi connectivity index (χ1v) is 5.32. The van der Waals surface area contributed by atoms with Crippen LogP contribution in [0.1, 0.15) is 12.8 Å². The Morgan fingerprint density at radius 3 is 2.71 bits per heavy atom. The summed E-state index contributed by atoms with van der Waals surface area (Å²) in [6.07, 6.45) is 0.809. The lowest BCUT2D eigenvalue weighted by Gasteiger charge is -2.16. The van der Waals surface area contributed by atoms with E-state index in [1.807, 2.05) is 0 Å². The number of esters is 1. The third-order valence-electron chi connectivity index (χ3n) is 2.65. The minimum atomic E-state index is -1.08. The number of hydrogen-bond acceptors (Lipinski definition) is 3. The lowest BCUT2D eigenvalue weighted by molar-refractivity contribution is -0.149. The maximum Gasteiger partial charge on any atom is 0.347 e. The molecule has 2 rings (SSSR count). The minimum Gasteiger partial charge on any atom is -0.475 e. The van der Waals surface area contributed by atoms with E-state index in [-0.39, 0.29) is 11.7 Å². The van der Waals surface area contributed by atoms with Gasteiger partial charge in [-0.05, 0) is 25.0 Å². The van der Waals surface area contributed by atoms with Crippen molar-refractivity contribution in [2.75, 3.05) is 7.11 Å². The second-order valence-corrected chi connectivity index (χ2v) is 3.95. The zero-order valence-corrected chi connectivity index (χ0v) is 9.28. The molecule has 0 radical (unpaired) electrons. The van der Waals surface area contributed by atoms with Crippen molar-refractivity contribution < 1.29 is 23.0 Å². The molecule has 0 heterocycles. The Balaban J connectivity index is 2.17. The summed E-state index contributed by atoms with van der Waals surface area (Å²) in [5, 5.41) is 0. The Morgan fingerprint density at radius 2 is 2.12 bits per heavy atom. The first kappa shape index (κ1) is 11.8. The molecule has 0 N–H and O–H groups in total. The molecule has 1 aliphatic carbocycles. The van der Waals surface area contributed by atoms with Crippen LogP contribution in [0, 0.1) is 17.6 Å². The summed E-state index contributed by atoms with van der Waals surface area (Å²) in [4.78, 5) is 11.4. The molecule has 1 aromatic carbocycles. The van der Waals surface area contributed by atoms with Crippen molar-refractivity contribution in [1.82, 2.24) is 0 Å². The van der Waals surface area contributed by atoms with Gasteiger partial charge in [-0.15, -0.1) is 0 Å². The second kappa shape index (κ2) is 4.69. The maximum absolute atomic E-state index is 13.4. The van der Waals surface area contributed by atoms with Gasteiger partial charge in [0.25, 0.3) is 0 Å². The van der Waals surface area contributed by atoms with E-state index in [9.17, 15) is 13.6 Å². The molecular weight excluding hydrogens is 230 g/mol. The third-order valence-corrected chi connectivity index (χ3v) is 2.65. The number of methoxy groups -OCH3 is 1.